The maximum atomic E-state index is 12.6. The number of sulfonamides is 1. The van der Waals surface area contributed by atoms with Crippen LogP contribution in [0, 0.1) is 6.92 Å². The number of methoxy groups -OCH3 is 3. The lowest BCUT2D eigenvalue weighted by Crippen LogP contribution is -2.14. The Hall–Kier alpha value is -2.41. The Morgan fingerprint density at radius 3 is 2.09 bits per heavy atom. The summed E-state index contributed by atoms with van der Waals surface area (Å²) in [7, 11) is 0.628. The summed E-state index contributed by atoms with van der Waals surface area (Å²) in [5.74, 6) is 1.35. The van der Waals surface area contributed by atoms with Crippen molar-refractivity contribution < 1.29 is 22.6 Å². The highest BCUT2D eigenvalue weighted by Gasteiger charge is 2.21. The lowest BCUT2D eigenvalue weighted by atomic mass is 10.2. The molecule has 0 heterocycles. The Labute approximate surface area is 136 Å². The van der Waals surface area contributed by atoms with Crippen LogP contribution in [0.25, 0.3) is 0 Å². The molecule has 0 aliphatic heterocycles. The van der Waals surface area contributed by atoms with Gasteiger partial charge in [0.15, 0.2) is 0 Å². The van der Waals surface area contributed by atoms with Gasteiger partial charge in [-0.15, -0.1) is 0 Å². The Morgan fingerprint density at radius 1 is 0.870 bits per heavy atom. The first-order valence-corrected chi connectivity index (χ1v) is 8.29. The molecule has 2 aromatic carbocycles. The van der Waals surface area contributed by atoms with Gasteiger partial charge in [0, 0.05) is 11.8 Å². The number of nitrogens with one attached hydrogen (secondary N) is 1. The van der Waals surface area contributed by atoms with Gasteiger partial charge in [0.1, 0.15) is 22.1 Å². The van der Waals surface area contributed by atoms with Crippen LogP contribution >= 0.6 is 0 Å². The second-order valence-corrected chi connectivity index (χ2v) is 6.46. The molecule has 124 valence electrons. The highest BCUT2D eigenvalue weighted by molar-refractivity contribution is 7.92. The number of benzene rings is 2. The predicted molar refractivity (Wildman–Crippen MR) is 88.1 cm³/mol. The topological polar surface area (TPSA) is 73.9 Å². The van der Waals surface area contributed by atoms with Crippen molar-refractivity contribution in [3.05, 3.63) is 42.0 Å². The van der Waals surface area contributed by atoms with E-state index >= 15 is 0 Å². The molecular formula is C16H19NO5S. The minimum absolute atomic E-state index is 0.00724. The van der Waals surface area contributed by atoms with Gasteiger partial charge in [-0.1, -0.05) is 0 Å². The third-order valence-electron chi connectivity index (χ3n) is 3.31. The van der Waals surface area contributed by atoms with Crippen LogP contribution < -0.4 is 18.9 Å². The van der Waals surface area contributed by atoms with E-state index in [0.29, 0.717) is 17.2 Å². The summed E-state index contributed by atoms with van der Waals surface area (Å²) in [5, 5.41) is 0. The van der Waals surface area contributed by atoms with Gasteiger partial charge in [-0.25, -0.2) is 8.42 Å². The molecule has 0 saturated heterocycles. The molecule has 7 heteroatoms. The summed E-state index contributed by atoms with van der Waals surface area (Å²) in [6.45, 7) is 1.84. The zero-order valence-corrected chi connectivity index (χ0v) is 14.2. The van der Waals surface area contributed by atoms with E-state index in [0.717, 1.165) is 5.56 Å². The van der Waals surface area contributed by atoms with Crippen molar-refractivity contribution in [1.29, 1.82) is 0 Å². The normalized spacial score (nSPS) is 11.0. The van der Waals surface area contributed by atoms with Crippen LogP contribution in [-0.4, -0.2) is 29.7 Å². The van der Waals surface area contributed by atoms with Crippen LogP contribution in [0.4, 0.5) is 5.69 Å². The van der Waals surface area contributed by atoms with Gasteiger partial charge in [-0.2, -0.15) is 0 Å². The van der Waals surface area contributed by atoms with E-state index in [1.54, 1.807) is 37.4 Å². The van der Waals surface area contributed by atoms with Crippen molar-refractivity contribution in [2.24, 2.45) is 0 Å². The van der Waals surface area contributed by atoms with E-state index in [1.807, 2.05) is 6.92 Å². The molecule has 2 aromatic rings. The maximum absolute atomic E-state index is 12.6. The Balaban J connectivity index is 2.41. The summed E-state index contributed by atoms with van der Waals surface area (Å²) in [4.78, 5) is 0.00724. The molecule has 0 bridgehead atoms. The molecule has 0 aliphatic carbocycles. The molecule has 0 amide bonds. The van der Waals surface area contributed by atoms with Crippen LogP contribution in [0.3, 0.4) is 0 Å². The fourth-order valence-electron chi connectivity index (χ4n) is 2.15. The molecule has 0 aliphatic rings. The van der Waals surface area contributed by atoms with Crippen LogP contribution in [0.5, 0.6) is 17.2 Å². The first-order chi connectivity index (χ1) is 10.9. The van der Waals surface area contributed by atoms with Gasteiger partial charge >= 0.3 is 0 Å². The van der Waals surface area contributed by atoms with Gasteiger partial charge in [-0.05, 0) is 42.8 Å². The molecular weight excluding hydrogens is 318 g/mol. The average molecular weight is 337 g/mol. The summed E-state index contributed by atoms with van der Waals surface area (Å²) in [6, 6.07) is 9.63. The number of hydrogen-bond donors (Lipinski definition) is 1. The molecule has 0 spiro atoms. The lowest BCUT2D eigenvalue weighted by Gasteiger charge is -2.14. The first-order valence-electron chi connectivity index (χ1n) is 6.80. The molecule has 0 radical (unpaired) electrons. The number of anilines is 1. The fourth-order valence-corrected chi connectivity index (χ4v) is 3.38. The zero-order chi connectivity index (χ0) is 17.0. The molecule has 0 atom stereocenters. The minimum atomic E-state index is -3.82. The molecule has 0 aromatic heterocycles. The molecule has 1 N–H and O–H groups in total. The average Bonchev–Trinajstić information content (AvgIpc) is 2.54. The van der Waals surface area contributed by atoms with Gasteiger partial charge in [-0.3, -0.25) is 4.72 Å². The monoisotopic (exact) mass is 337 g/mol. The SMILES string of the molecule is COc1ccc(OC)c(S(=O)(=O)Nc2ccc(OC)c(C)c2)c1. The Morgan fingerprint density at radius 2 is 1.52 bits per heavy atom. The highest BCUT2D eigenvalue weighted by atomic mass is 32.2. The minimum Gasteiger partial charge on any atom is -0.497 e. The highest BCUT2D eigenvalue weighted by Crippen LogP contribution is 2.30. The van der Waals surface area contributed by atoms with Crippen molar-refractivity contribution in [2.75, 3.05) is 26.1 Å². The first kappa shape index (κ1) is 17.0. The summed E-state index contributed by atoms with van der Waals surface area (Å²) in [5.41, 5.74) is 1.26. The Kier molecular flexibility index (Phi) is 5.00. The molecule has 2 rings (SSSR count). The smallest absolute Gasteiger partial charge is 0.265 e. The van der Waals surface area contributed by atoms with E-state index in [1.165, 1.54) is 20.3 Å². The fraction of sp³-hybridized carbons (Fsp3) is 0.250. The van der Waals surface area contributed by atoms with Crippen LogP contribution in [0.2, 0.25) is 0 Å². The second-order valence-electron chi connectivity index (χ2n) is 4.81. The molecule has 0 unspecified atom stereocenters. The standard InChI is InChI=1S/C16H19NO5S/c1-11-9-12(5-7-14(11)21-3)17-23(18,19)16-10-13(20-2)6-8-15(16)22-4/h5-10,17H,1-4H3. The summed E-state index contributed by atoms with van der Waals surface area (Å²) >= 11 is 0. The zero-order valence-electron chi connectivity index (χ0n) is 13.4. The predicted octanol–water partition coefficient (Wildman–Crippen LogP) is 2.82. The number of ether oxygens (including phenoxy) is 3. The molecule has 23 heavy (non-hydrogen) atoms. The van der Waals surface area contributed by atoms with Crippen molar-refractivity contribution in [3.8, 4) is 17.2 Å². The van der Waals surface area contributed by atoms with E-state index in [2.05, 4.69) is 4.72 Å². The summed E-state index contributed by atoms with van der Waals surface area (Å²) < 4.78 is 43.2. The van der Waals surface area contributed by atoms with Gasteiger partial charge in [0.2, 0.25) is 0 Å². The van der Waals surface area contributed by atoms with Crippen LogP contribution in [0.1, 0.15) is 5.56 Å². The van der Waals surface area contributed by atoms with E-state index < -0.39 is 10.0 Å². The quantitative estimate of drug-likeness (QED) is 0.877. The third kappa shape index (κ3) is 3.68. The van der Waals surface area contributed by atoms with E-state index in [9.17, 15) is 8.42 Å². The van der Waals surface area contributed by atoms with E-state index in [4.69, 9.17) is 14.2 Å². The van der Waals surface area contributed by atoms with E-state index in [-0.39, 0.29) is 10.6 Å². The summed E-state index contributed by atoms with van der Waals surface area (Å²) in [6.07, 6.45) is 0. The number of aryl methyl sites for hydroxylation is 1. The largest absolute Gasteiger partial charge is 0.497 e. The van der Waals surface area contributed by atoms with Gasteiger partial charge < -0.3 is 14.2 Å². The van der Waals surface area contributed by atoms with Crippen molar-refractivity contribution in [1.82, 2.24) is 0 Å². The second kappa shape index (κ2) is 6.78. The third-order valence-corrected chi connectivity index (χ3v) is 4.71. The van der Waals surface area contributed by atoms with Crippen LogP contribution in [-0.2, 0) is 10.0 Å². The molecule has 0 fully saturated rings. The number of hydrogen-bond acceptors (Lipinski definition) is 5. The van der Waals surface area contributed by atoms with Crippen molar-refractivity contribution >= 4 is 15.7 Å². The lowest BCUT2D eigenvalue weighted by molar-refractivity contribution is 0.392. The van der Waals surface area contributed by atoms with Gasteiger partial charge in [0.05, 0.1) is 21.3 Å². The van der Waals surface area contributed by atoms with Gasteiger partial charge in [0.25, 0.3) is 10.0 Å². The Bertz CT molecular complexity index is 802. The number of rotatable bonds is 6. The molecule has 6 nitrogen and oxygen atoms in total. The van der Waals surface area contributed by atoms with Crippen LogP contribution in [0.15, 0.2) is 41.3 Å². The molecule has 0 saturated carbocycles. The maximum Gasteiger partial charge on any atom is 0.265 e. The van der Waals surface area contributed by atoms with Crippen molar-refractivity contribution in [3.63, 3.8) is 0 Å². The van der Waals surface area contributed by atoms with Crippen molar-refractivity contribution in [2.45, 2.75) is 11.8 Å².